The van der Waals surface area contributed by atoms with E-state index in [1.54, 1.807) is 12.1 Å². The maximum absolute atomic E-state index is 14.7. The second-order valence-electron chi connectivity index (χ2n) is 8.95. The zero-order valence-electron chi connectivity index (χ0n) is 20.7. The molecule has 0 radical (unpaired) electrons. The summed E-state index contributed by atoms with van der Waals surface area (Å²) in [5, 5.41) is 0. The zero-order valence-corrected chi connectivity index (χ0v) is 20.7. The third-order valence-corrected chi connectivity index (χ3v) is 6.22. The van der Waals surface area contributed by atoms with E-state index in [1.165, 1.54) is 24.3 Å². The second-order valence-corrected chi connectivity index (χ2v) is 8.95. The molecular weight excluding hydrogens is 548 g/mol. The first kappa shape index (κ1) is 29.3. The minimum Gasteiger partial charge on any atom is -0.399 e. The van der Waals surface area contributed by atoms with Crippen molar-refractivity contribution in [2.24, 2.45) is 0 Å². The SMILES string of the molecule is C=CC(F)=C(F)c1ccc(C2COC(CCc3ccc(-c4cc(F)c(OC(F)(F)F)c(F)c4)c(F)c3)OC2)cc1. The maximum Gasteiger partial charge on any atom is 0.573 e. The first-order valence-electron chi connectivity index (χ1n) is 12.0. The van der Waals surface area contributed by atoms with Crippen LogP contribution >= 0.6 is 0 Å². The van der Waals surface area contributed by atoms with E-state index in [1.807, 2.05) is 0 Å². The van der Waals surface area contributed by atoms with Gasteiger partial charge in [0.1, 0.15) is 5.82 Å². The Morgan fingerprint density at radius 1 is 0.900 bits per heavy atom. The van der Waals surface area contributed by atoms with Crippen molar-refractivity contribution in [3.63, 3.8) is 0 Å². The van der Waals surface area contributed by atoms with Crippen LogP contribution in [0.1, 0.15) is 29.0 Å². The number of aryl methyl sites for hydroxylation is 1. The highest BCUT2D eigenvalue weighted by Crippen LogP contribution is 2.34. The average molecular weight is 570 g/mol. The number of allylic oxidation sites excluding steroid dienone is 2. The van der Waals surface area contributed by atoms with Gasteiger partial charge in [0.2, 0.25) is 5.75 Å². The van der Waals surface area contributed by atoms with Gasteiger partial charge in [0.05, 0.1) is 13.2 Å². The molecule has 0 aromatic heterocycles. The van der Waals surface area contributed by atoms with Gasteiger partial charge in [-0.2, -0.15) is 0 Å². The molecule has 0 unspecified atom stereocenters. The Balaban J connectivity index is 1.33. The molecule has 0 saturated carbocycles. The topological polar surface area (TPSA) is 27.7 Å². The Bertz CT molecular complexity index is 1370. The van der Waals surface area contributed by atoms with Crippen molar-refractivity contribution in [2.75, 3.05) is 13.2 Å². The third-order valence-electron chi connectivity index (χ3n) is 6.22. The first-order valence-corrected chi connectivity index (χ1v) is 12.0. The lowest BCUT2D eigenvalue weighted by molar-refractivity contribution is -0.276. The Hall–Kier alpha value is -3.70. The number of alkyl halides is 3. The van der Waals surface area contributed by atoms with E-state index in [0.717, 1.165) is 17.7 Å². The van der Waals surface area contributed by atoms with Crippen LogP contribution in [0, 0.1) is 17.5 Å². The van der Waals surface area contributed by atoms with Crippen molar-refractivity contribution in [2.45, 2.75) is 31.4 Å². The zero-order chi connectivity index (χ0) is 29.0. The highest BCUT2D eigenvalue weighted by atomic mass is 19.4. The lowest BCUT2D eigenvalue weighted by Gasteiger charge is -2.30. The van der Waals surface area contributed by atoms with E-state index in [0.29, 0.717) is 43.8 Å². The van der Waals surface area contributed by atoms with Crippen LogP contribution < -0.4 is 4.74 Å². The average Bonchev–Trinajstić information content (AvgIpc) is 2.93. The normalized spacial score (nSPS) is 18.3. The van der Waals surface area contributed by atoms with Crippen LogP contribution in [0.2, 0.25) is 0 Å². The van der Waals surface area contributed by atoms with E-state index in [9.17, 15) is 35.1 Å². The molecule has 11 heteroatoms. The summed E-state index contributed by atoms with van der Waals surface area (Å²) in [5.74, 6) is -7.88. The van der Waals surface area contributed by atoms with Crippen molar-refractivity contribution < 1.29 is 49.3 Å². The fourth-order valence-electron chi connectivity index (χ4n) is 4.19. The summed E-state index contributed by atoms with van der Waals surface area (Å²) in [6, 6.07) is 11.3. The van der Waals surface area contributed by atoms with Crippen LogP contribution in [-0.4, -0.2) is 25.9 Å². The summed E-state index contributed by atoms with van der Waals surface area (Å²) in [6.07, 6.45) is -4.38. The van der Waals surface area contributed by atoms with Crippen LogP contribution in [0.25, 0.3) is 17.0 Å². The van der Waals surface area contributed by atoms with Crippen molar-refractivity contribution in [1.82, 2.24) is 0 Å². The van der Waals surface area contributed by atoms with Crippen LogP contribution in [0.5, 0.6) is 5.75 Å². The fourth-order valence-corrected chi connectivity index (χ4v) is 4.19. The van der Waals surface area contributed by atoms with Crippen LogP contribution in [0.3, 0.4) is 0 Å². The summed E-state index contributed by atoms with van der Waals surface area (Å²) in [7, 11) is 0. The summed E-state index contributed by atoms with van der Waals surface area (Å²) in [5.41, 5.74) is 0.930. The highest BCUT2D eigenvalue weighted by Gasteiger charge is 2.34. The van der Waals surface area contributed by atoms with Gasteiger partial charge in [0.25, 0.3) is 0 Å². The molecule has 40 heavy (non-hydrogen) atoms. The lowest BCUT2D eigenvalue weighted by Crippen LogP contribution is -2.31. The van der Waals surface area contributed by atoms with E-state index in [4.69, 9.17) is 9.47 Å². The monoisotopic (exact) mass is 570 g/mol. The van der Waals surface area contributed by atoms with E-state index < -0.39 is 47.5 Å². The maximum atomic E-state index is 14.7. The number of halogens is 8. The lowest BCUT2D eigenvalue weighted by atomic mass is 9.98. The third kappa shape index (κ3) is 7.08. The number of ether oxygens (including phenoxy) is 3. The van der Waals surface area contributed by atoms with E-state index in [-0.39, 0.29) is 22.6 Å². The molecule has 0 spiro atoms. The molecule has 0 atom stereocenters. The highest BCUT2D eigenvalue weighted by molar-refractivity contribution is 5.66. The molecule has 212 valence electrons. The van der Waals surface area contributed by atoms with Gasteiger partial charge in [-0.15, -0.1) is 13.2 Å². The molecule has 3 aromatic rings. The molecule has 1 aliphatic rings. The molecule has 0 bridgehead atoms. The molecule has 1 heterocycles. The fraction of sp³-hybridized carbons (Fsp3) is 0.241. The van der Waals surface area contributed by atoms with Crippen molar-refractivity contribution in [3.8, 4) is 16.9 Å². The quantitative estimate of drug-likeness (QED) is 0.201. The Morgan fingerprint density at radius 2 is 1.52 bits per heavy atom. The molecule has 1 fully saturated rings. The van der Waals surface area contributed by atoms with Crippen molar-refractivity contribution in [1.29, 1.82) is 0 Å². The first-order chi connectivity index (χ1) is 18.9. The second kappa shape index (κ2) is 12.2. The van der Waals surface area contributed by atoms with Gasteiger partial charge < -0.3 is 14.2 Å². The summed E-state index contributed by atoms with van der Waals surface area (Å²) in [4.78, 5) is 0. The van der Waals surface area contributed by atoms with E-state index >= 15 is 0 Å². The molecule has 4 rings (SSSR count). The molecule has 1 aliphatic heterocycles. The molecule has 3 nitrogen and oxygen atoms in total. The largest absolute Gasteiger partial charge is 0.573 e. The van der Waals surface area contributed by atoms with E-state index in [2.05, 4.69) is 11.3 Å². The van der Waals surface area contributed by atoms with Gasteiger partial charge >= 0.3 is 6.36 Å². The minimum atomic E-state index is -5.29. The number of hydrogen-bond acceptors (Lipinski definition) is 3. The number of rotatable bonds is 8. The molecule has 0 N–H and O–H groups in total. The number of benzene rings is 3. The standard InChI is InChI=1S/C29H22F8O3/c1-2-22(30)27(34)18-7-5-17(6-8-18)20-14-38-26(39-15-20)10-4-16-3-9-21(23(31)11-16)19-12-24(32)28(25(33)13-19)40-29(35,36)37/h2-3,5-9,11-13,20,26H,1,4,10,14-15H2. The molecular formula is C29H22F8O3. The molecule has 3 aromatic carbocycles. The predicted octanol–water partition coefficient (Wildman–Crippen LogP) is 8.55. The minimum absolute atomic E-state index is 0.0812. The Morgan fingerprint density at radius 3 is 2.08 bits per heavy atom. The summed E-state index contributed by atoms with van der Waals surface area (Å²) >= 11 is 0. The smallest absolute Gasteiger partial charge is 0.399 e. The van der Waals surface area contributed by atoms with Crippen molar-refractivity contribution in [3.05, 3.63) is 107 Å². The summed E-state index contributed by atoms with van der Waals surface area (Å²) < 4.78 is 122. The predicted molar refractivity (Wildman–Crippen MR) is 131 cm³/mol. The van der Waals surface area contributed by atoms with Crippen LogP contribution in [0.15, 0.2) is 73.1 Å². The Labute approximate surface area is 224 Å². The van der Waals surface area contributed by atoms with Crippen molar-refractivity contribution >= 4 is 5.83 Å². The van der Waals surface area contributed by atoms with Gasteiger partial charge in [0.15, 0.2) is 29.6 Å². The van der Waals surface area contributed by atoms with Gasteiger partial charge in [-0.3, -0.25) is 0 Å². The van der Waals surface area contributed by atoms with Gasteiger partial charge in [-0.25, -0.2) is 22.0 Å². The van der Waals surface area contributed by atoms with Crippen LogP contribution in [0.4, 0.5) is 35.1 Å². The molecule has 1 saturated heterocycles. The van der Waals surface area contributed by atoms with Crippen LogP contribution in [-0.2, 0) is 15.9 Å². The summed E-state index contributed by atoms with van der Waals surface area (Å²) in [6.45, 7) is 3.81. The van der Waals surface area contributed by atoms with Gasteiger partial charge in [-0.05, 0) is 47.4 Å². The van der Waals surface area contributed by atoms with Gasteiger partial charge in [-0.1, -0.05) is 43.0 Å². The number of hydrogen-bond donors (Lipinski definition) is 0. The Kier molecular flexibility index (Phi) is 8.95. The molecule has 0 aliphatic carbocycles. The molecule has 0 amide bonds. The van der Waals surface area contributed by atoms with Gasteiger partial charge in [0, 0.05) is 23.5 Å².